The number of aromatic hydroxyl groups is 1. The largest absolute Gasteiger partial charge is 0.508 e. The summed E-state index contributed by atoms with van der Waals surface area (Å²) in [5.41, 5.74) is 2.23. The first kappa shape index (κ1) is 14.0. The summed E-state index contributed by atoms with van der Waals surface area (Å²) >= 11 is 0. The lowest BCUT2D eigenvalue weighted by atomic mass is 10.0. The van der Waals surface area contributed by atoms with Crippen LogP contribution in [0.3, 0.4) is 0 Å². The molecule has 1 aromatic rings. The van der Waals surface area contributed by atoms with Gasteiger partial charge in [0.2, 0.25) is 0 Å². The molecule has 0 aliphatic carbocycles. The Hall–Kier alpha value is -1.02. The Bertz CT molecular complexity index is 349. The molecule has 0 amide bonds. The van der Waals surface area contributed by atoms with Crippen molar-refractivity contribution in [3.63, 3.8) is 0 Å². The number of phenolic OH excluding ortho intramolecular Hbond substituents is 1. The monoisotopic (exact) mass is 235 g/mol. The van der Waals surface area contributed by atoms with Crippen molar-refractivity contribution < 1.29 is 5.11 Å². The van der Waals surface area contributed by atoms with Crippen LogP contribution in [0.1, 0.15) is 50.3 Å². The van der Waals surface area contributed by atoms with Crippen molar-refractivity contribution in [3.8, 4) is 5.75 Å². The van der Waals surface area contributed by atoms with Gasteiger partial charge in [-0.25, -0.2) is 0 Å². The first-order valence-corrected chi connectivity index (χ1v) is 6.56. The van der Waals surface area contributed by atoms with Crippen LogP contribution in [-0.2, 0) is 0 Å². The summed E-state index contributed by atoms with van der Waals surface area (Å²) < 4.78 is 0. The Labute approximate surface area is 105 Å². The third-order valence-corrected chi connectivity index (χ3v) is 3.41. The molecule has 2 heteroatoms. The average molecular weight is 235 g/mol. The molecule has 1 rings (SSSR count). The molecule has 0 spiro atoms. The topological polar surface area (TPSA) is 23.5 Å². The second-order valence-electron chi connectivity index (χ2n) is 4.93. The maximum Gasteiger partial charge on any atom is 0.120 e. The highest BCUT2D eigenvalue weighted by molar-refractivity contribution is 5.37. The predicted octanol–water partition coefficient (Wildman–Crippen LogP) is 3.88. The van der Waals surface area contributed by atoms with Crippen molar-refractivity contribution in [1.82, 2.24) is 4.90 Å². The Morgan fingerprint density at radius 3 is 2.65 bits per heavy atom. The van der Waals surface area contributed by atoms with Gasteiger partial charge in [-0.15, -0.1) is 0 Å². The van der Waals surface area contributed by atoms with E-state index in [0.29, 0.717) is 5.75 Å². The second-order valence-corrected chi connectivity index (χ2v) is 4.93. The van der Waals surface area contributed by atoms with E-state index >= 15 is 0 Å². The summed E-state index contributed by atoms with van der Waals surface area (Å²) in [6.07, 6.45) is 3.75. The van der Waals surface area contributed by atoms with Gasteiger partial charge in [0, 0.05) is 11.6 Å². The lowest BCUT2D eigenvalue weighted by molar-refractivity contribution is 0.251. The minimum atomic E-state index is 0.270. The summed E-state index contributed by atoms with van der Waals surface area (Å²) in [7, 11) is 2.13. The van der Waals surface area contributed by atoms with Gasteiger partial charge in [0.25, 0.3) is 0 Å². The first-order chi connectivity index (χ1) is 8.06. The van der Waals surface area contributed by atoms with Gasteiger partial charge < -0.3 is 5.11 Å². The lowest BCUT2D eigenvalue weighted by Gasteiger charge is -2.25. The Morgan fingerprint density at radius 1 is 1.29 bits per heavy atom. The minimum Gasteiger partial charge on any atom is -0.508 e. The van der Waals surface area contributed by atoms with Gasteiger partial charge in [0.1, 0.15) is 5.75 Å². The van der Waals surface area contributed by atoms with Crippen molar-refractivity contribution in [2.45, 2.75) is 46.1 Å². The van der Waals surface area contributed by atoms with Gasteiger partial charge in [-0.1, -0.05) is 37.5 Å². The fourth-order valence-corrected chi connectivity index (χ4v) is 2.05. The first-order valence-electron chi connectivity index (χ1n) is 6.56. The summed E-state index contributed by atoms with van der Waals surface area (Å²) in [6, 6.07) is 6.09. The van der Waals surface area contributed by atoms with Crippen LogP contribution in [-0.4, -0.2) is 23.6 Å². The molecule has 0 radical (unpaired) electrons. The molecule has 1 unspecified atom stereocenters. The molecule has 0 saturated carbocycles. The van der Waals surface area contributed by atoms with E-state index in [1.807, 2.05) is 6.07 Å². The molecule has 17 heavy (non-hydrogen) atoms. The molecule has 1 atom stereocenters. The van der Waals surface area contributed by atoms with Crippen LogP contribution in [0.2, 0.25) is 0 Å². The zero-order valence-corrected chi connectivity index (χ0v) is 11.5. The summed E-state index contributed by atoms with van der Waals surface area (Å²) in [4.78, 5) is 2.31. The van der Waals surface area contributed by atoms with Crippen LogP contribution in [0.5, 0.6) is 5.75 Å². The highest BCUT2D eigenvalue weighted by atomic mass is 16.3. The number of unbranched alkanes of at least 4 members (excludes halogenated alkanes) is 2. The average Bonchev–Trinajstić information content (AvgIpc) is 2.31. The Morgan fingerprint density at radius 2 is 2.00 bits per heavy atom. The van der Waals surface area contributed by atoms with Crippen LogP contribution < -0.4 is 0 Å². The highest BCUT2D eigenvalue weighted by Crippen LogP contribution is 2.28. The van der Waals surface area contributed by atoms with Crippen LogP contribution in [0.4, 0.5) is 0 Å². The van der Waals surface area contributed by atoms with E-state index in [4.69, 9.17) is 0 Å². The molecule has 0 bridgehead atoms. The van der Waals surface area contributed by atoms with Gasteiger partial charge in [-0.2, -0.15) is 0 Å². The quantitative estimate of drug-likeness (QED) is 0.756. The van der Waals surface area contributed by atoms with Crippen molar-refractivity contribution in [1.29, 1.82) is 0 Å². The van der Waals surface area contributed by atoms with Gasteiger partial charge >= 0.3 is 0 Å². The number of hydrogen-bond donors (Lipinski definition) is 1. The zero-order valence-electron chi connectivity index (χ0n) is 11.5. The van der Waals surface area contributed by atoms with E-state index in [2.05, 4.69) is 38.8 Å². The normalized spacial score (nSPS) is 13.0. The minimum absolute atomic E-state index is 0.270. The fourth-order valence-electron chi connectivity index (χ4n) is 2.05. The van der Waals surface area contributed by atoms with E-state index in [1.54, 1.807) is 6.07 Å². The van der Waals surface area contributed by atoms with Gasteiger partial charge in [-0.3, -0.25) is 4.90 Å². The van der Waals surface area contributed by atoms with Gasteiger partial charge in [0.05, 0.1) is 0 Å². The molecule has 2 nitrogen and oxygen atoms in total. The van der Waals surface area contributed by atoms with E-state index in [-0.39, 0.29) is 6.04 Å². The molecule has 0 saturated heterocycles. The zero-order chi connectivity index (χ0) is 12.8. The summed E-state index contributed by atoms with van der Waals surface area (Å²) in [6.45, 7) is 7.52. The van der Waals surface area contributed by atoms with Crippen molar-refractivity contribution in [3.05, 3.63) is 29.3 Å². The maximum atomic E-state index is 9.90. The third-order valence-electron chi connectivity index (χ3n) is 3.41. The van der Waals surface area contributed by atoms with Gasteiger partial charge in [0.15, 0.2) is 0 Å². The molecule has 0 fully saturated rings. The van der Waals surface area contributed by atoms with Crippen LogP contribution in [0.25, 0.3) is 0 Å². The smallest absolute Gasteiger partial charge is 0.120 e. The van der Waals surface area contributed by atoms with E-state index in [9.17, 15) is 5.11 Å². The predicted molar refractivity (Wildman–Crippen MR) is 73.4 cm³/mol. The third kappa shape index (κ3) is 4.04. The highest BCUT2D eigenvalue weighted by Gasteiger charge is 2.14. The van der Waals surface area contributed by atoms with Crippen LogP contribution in [0, 0.1) is 6.92 Å². The van der Waals surface area contributed by atoms with Crippen molar-refractivity contribution >= 4 is 0 Å². The summed E-state index contributed by atoms with van der Waals surface area (Å²) in [5, 5.41) is 9.90. The number of phenols is 1. The Balaban J connectivity index is 2.67. The molecule has 1 N–H and O–H groups in total. The number of rotatable bonds is 6. The molecule has 0 aliphatic rings. The molecule has 0 aliphatic heterocycles. The number of aryl methyl sites for hydroxylation is 1. The molecule has 0 heterocycles. The number of benzene rings is 1. The van der Waals surface area contributed by atoms with Crippen molar-refractivity contribution in [2.75, 3.05) is 13.6 Å². The van der Waals surface area contributed by atoms with Crippen LogP contribution >= 0.6 is 0 Å². The standard InChI is InChI=1S/C15H25NO/c1-5-6-7-10-16(4)13(3)14-11-12(2)8-9-15(14)17/h8-9,11,13,17H,5-7,10H2,1-4H3. The van der Waals surface area contributed by atoms with E-state index in [0.717, 1.165) is 12.1 Å². The molecular formula is C15H25NO. The van der Waals surface area contributed by atoms with Crippen LogP contribution in [0.15, 0.2) is 18.2 Å². The maximum absolute atomic E-state index is 9.90. The lowest BCUT2D eigenvalue weighted by Crippen LogP contribution is -2.23. The number of hydrogen-bond acceptors (Lipinski definition) is 2. The SMILES string of the molecule is CCCCCN(C)C(C)c1cc(C)ccc1O. The Kier molecular flexibility index (Phi) is 5.49. The summed E-state index contributed by atoms with van der Waals surface area (Å²) in [5.74, 6) is 0.408. The van der Waals surface area contributed by atoms with E-state index in [1.165, 1.54) is 24.8 Å². The molecule has 96 valence electrons. The fraction of sp³-hybridized carbons (Fsp3) is 0.600. The van der Waals surface area contributed by atoms with Gasteiger partial charge in [-0.05, 0) is 39.9 Å². The molecular weight excluding hydrogens is 210 g/mol. The molecule has 1 aromatic carbocycles. The second kappa shape index (κ2) is 6.65. The molecule has 0 aromatic heterocycles. The number of nitrogens with zero attached hydrogens (tertiary/aromatic N) is 1. The van der Waals surface area contributed by atoms with E-state index < -0.39 is 0 Å². The van der Waals surface area contributed by atoms with Crippen molar-refractivity contribution in [2.24, 2.45) is 0 Å².